The van der Waals surface area contributed by atoms with Crippen molar-refractivity contribution in [1.82, 2.24) is 4.90 Å². The Balaban J connectivity index is 1.54. The number of hydrogen-bond acceptors (Lipinski definition) is 5. The zero-order valence-corrected chi connectivity index (χ0v) is 15.0. The molecule has 3 amide bonds. The van der Waals surface area contributed by atoms with Gasteiger partial charge in [0.2, 0.25) is 17.7 Å². The summed E-state index contributed by atoms with van der Waals surface area (Å²) in [6.45, 7) is 1.92. The van der Waals surface area contributed by atoms with E-state index in [9.17, 15) is 24.5 Å². The summed E-state index contributed by atoms with van der Waals surface area (Å²) in [6.07, 6.45) is 5.41. The molecule has 142 valence electrons. The van der Waals surface area contributed by atoms with Gasteiger partial charge in [0.15, 0.2) is 0 Å². The molecule has 1 aromatic rings. The van der Waals surface area contributed by atoms with Crippen molar-refractivity contribution in [3.8, 4) is 0 Å². The van der Waals surface area contributed by atoms with Gasteiger partial charge in [0.25, 0.3) is 5.69 Å². The molecule has 0 saturated carbocycles. The number of fused-ring (bicyclic) bond motifs is 1. The minimum absolute atomic E-state index is 0.0652. The fourth-order valence-corrected chi connectivity index (χ4v) is 3.60. The van der Waals surface area contributed by atoms with Gasteiger partial charge in [-0.25, -0.2) is 0 Å². The van der Waals surface area contributed by atoms with Crippen LogP contribution in [0.25, 0.3) is 0 Å². The molecule has 2 aliphatic rings. The van der Waals surface area contributed by atoms with E-state index in [0.29, 0.717) is 19.3 Å². The average molecular weight is 371 g/mol. The Labute approximate surface area is 156 Å². The van der Waals surface area contributed by atoms with Crippen LogP contribution in [0.4, 0.5) is 11.4 Å². The quantitative estimate of drug-likeness (QED) is 0.358. The van der Waals surface area contributed by atoms with Crippen LogP contribution in [0.2, 0.25) is 0 Å². The van der Waals surface area contributed by atoms with Gasteiger partial charge in [-0.2, -0.15) is 0 Å². The van der Waals surface area contributed by atoms with E-state index >= 15 is 0 Å². The molecule has 1 N–H and O–H groups in total. The molecule has 8 heteroatoms. The maximum absolute atomic E-state index is 12.4. The summed E-state index contributed by atoms with van der Waals surface area (Å²) in [5.74, 6) is -1.26. The number of nitro groups is 1. The van der Waals surface area contributed by atoms with E-state index in [1.165, 1.54) is 17.0 Å². The summed E-state index contributed by atoms with van der Waals surface area (Å²) in [6, 6.07) is 4.57. The van der Waals surface area contributed by atoms with Crippen LogP contribution in [0.15, 0.2) is 30.4 Å². The van der Waals surface area contributed by atoms with Gasteiger partial charge in [0.05, 0.1) is 16.8 Å². The molecule has 3 rings (SSSR count). The lowest BCUT2D eigenvalue weighted by atomic mass is 9.85. The van der Waals surface area contributed by atoms with E-state index in [1.54, 1.807) is 13.0 Å². The minimum atomic E-state index is -0.542. The van der Waals surface area contributed by atoms with E-state index in [1.807, 2.05) is 12.2 Å². The lowest BCUT2D eigenvalue weighted by Crippen LogP contribution is -2.32. The Morgan fingerprint density at radius 3 is 2.44 bits per heavy atom. The van der Waals surface area contributed by atoms with Gasteiger partial charge in [0.1, 0.15) is 5.69 Å². The van der Waals surface area contributed by atoms with Gasteiger partial charge >= 0.3 is 0 Å². The topological polar surface area (TPSA) is 110 Å². The summed E-state index contributed by atoms with van der Waals surface area (Å²) >= 11 is 0. The van der Waals surface area contributed by atoms with Gasteiger partial charge in [-0.15, -0.1) is 0 Å². The normalized spacial score (nSPS) is 21.3. The zero-order chi connectivity index (χ0) is 19.6. The van der Waals surface area contributed by atoms with Crippen LogP contribution in [-0.4, -0.2) is 34.1 Å². The van der Waals surface area contributed by atoms with Crippen molar-refractivity contribution >= 4 is 29.1 Å². The Morgan fingerprint density at radius 2 is 1.85 bits per heavy atom. The van der Waals surface area contributed by atoms with Crippen molar-refractivity contribution in [3.05, 3.63) is 46.0 Å². The molecule has 1 aromatic carbocycles. The molecule has 27 heavy (non-hydrogen) atoms. The highest BCUT2D eigenvalue weighted by Crippen LogP contribution is 2.35. The van der Waals surface area contributed by atoms with Crippen LogP contribution >= 0.6 is 0 Å². The molecule has 1 saturated heterocycles. The molecule has 0 spiro atoms. The summed E-state index contributed by atoms with van der Waals surface area (Å²) in [4.78, 5) is 48.7. The predicted molar refractivity (Wildman–Crippen MR) is 97.8 cm³/mol. The molecule has 1 heterocycles. The summed E-state index contributed by atoms with van der Waals surface area (Å²) in [5.41, 5.74) is 0.701. The van der Waals surface area contributed by atoms with E-state index < -0.39 is 4.92 Å². The molecular formula is C19H21N3O5. The second kappa shape index (κ2) is 7.69. The van der Waals surface area contributed by atoms with Gasteiger partial charge in [-0.1, -0.05) is 18.2 Å². The fourth-order valence-electron chi connectivity index (χ4n) is 3.60. The first-order chi connectivity index (χ1) is 12.9. The van der Waals surface area contributed by atoms with E-state index in [-0.39, 0.29) is 53.9 Å². The first-order valence-corrected chi connectivity index (χ1v) is 8.93. The number of nitrogens with zero attached hydrogens (tertiary/aromatic N) is 2. The molecule has 8 nitrogen and oxygen atoms in total. The van der Waals surface area contributed by atoms with Crippen molar-refractivity contribution in [2.45, 2.75) is 32.6 Å². The van der Waals surface area contributed by atoms with Gasteiger partial charge in [-0.3, -0.25) is 29.4 Å². The van der Waals surface area contributed by atoms with E-state index in [0.717, 1.165) is 5.56 Å². The van der Waals surface area contributed by atoms with Gasteiger partial charge < -0.3 is 5.32 Å². The average Bonchev–Trinajstić information content (AvgIpc) is 2.88. The van der Waals surface area contributed by atoms with Crippen LogP contribution in [0.3, 0.4) is 0 Å². The number of rotatable bonds is 6. The predicted octanol–water partition coefficient (Wildman–Crippen LogP) is 2.57. The molecule has 1 aliphatic carbocycles. The fraction of sp³-hybridized carbons (Fsp3) is 0.421. The summed E-state index contributed by atoms with van der Waals surface area (Å²) < 4.78 is 0. The molecule has 0 unspecified atom stereocenters. The first-order valence-electron chi connectivity index (χ1n) is 8.93. The molecule has 1 aliphatic heterocycles. The third kappa shape index (κ3) is 3.89. The summed E-state index contributed by atoms with van der Waals surface area (Å²) in [5, 5.41) is 13.6. The third-order valence-electron chi connectivity index (χ3n) is 5.01. The minimum Gasteiger partial charge on any atom is -0.320 e. The number of nitro benzene ring substituents is 1. The van der Waals surface area contributed by atoms with Crippen molar-refractivity contribution < 1.29 is 19.3 Å². The smallest absolute Gasteiger partial charge is 0.293 e. The number of nitrogens with one attached hydrogen (secondary N) is 1. The number of anilines is 1. The Kier molecular flexibility index (Phi) is 5.34. The molecule has 2 atom stereocenters. The number of allylic oxidation sites excluding steroid dienone is 2. The highest BCUT2D eigenvalue weighted by Gasteiger charge is 2.46. The van der Waals surface area contributed by atoms with Crippen molar-refractivity contribution in [2.75, 3.05) is 11.9 Å². The number of amides is 3. The van der Waals surface area contributed by atoms with E-state index in [2.05, 4.69) is 5.32 Å². The maximum atomic E-state index is 12.4. The zero-order valence-electron chi connectivity index (χ0n) is 15.0. The number of benzene rings is 1. The second-order valence-corrected chi connectivity index (χ2v) is 6.91. The van der Waals surface area contributed by atoms with Crippen LogP contribution in [-0.2, 0) is 14.4 Å². The molecular weight excluding hydrogens is 350 g/mol. The monoisotopic (exact) mass is 371 g/mol. The second-order valence-electron chi connectivity index (χ2n) is 6.91. The Morgan fingerprint density at radius 1 is 1.22 bits per heavy atom. The third-order valence-corrected chi connectivity index (χ3v) is 5.01. The molecule has 0 aromatic heterocycles. The molecule has 1 fully saturated rings. The number of aryl methyl sites for hydroxylation is 1. The largest absolute Gasteiger partial charge is 0.320 e. The van der Waals surface area contributed by atoms with Crippen LogP contribution in [0.1, 0.15) is 31.2 Å². The van der Waals surface area contributed by atoms with Crippen LogP contribution in [0.5, 0.6) is 0 Å². The lowest BCUT2D eigenvalue weighted by molar-refractivity contribution is -0.384. The number of imide groups is 1. The number of likely N-dealkylation sites (tertiary alicyclic amines) is 1. The van der Waals surface area contributed by atoms with Crippen LogP contribution < -0.4 is 5.32 Å². The SMILES string of the molecule is Cc1ccc(NC(=O)CCCN2C(=O)[C@H]3CC=CC[C@H]3C2=O)c([N+](=O)[O-])c1. The van der Waals surface area contributed by atoms with Gasteiger partial charge in [-0.05, 0) is 37.8 Å². The van der Waals surface area contributed by atoms with Crippen LogP contribution in [0, 0.1) is 28.9 Å². The highest BCUT2D eigenvalue weighted by molar-refractivity contribution is 6.05. The standard InChI is InChI=1S/C19H21N3O5/c1-12-8-9-15(16(11-12)22(26)27)20-17(23)7-4-10-21-18(24)13-5-2-3-6-14(13)19(21)25/h2-3,8-9,11,13-14H,4-7,10H2,1H3,(H,20,23)/t13-,14+. The van der Waals surface area contributed by atoms with Crippen molar-refractivity contribution in [3.63, 3.8) is 0 Å². The van der Waals surface area contributed by atoms with Gasteiger partial charge in [0, 0.05) is 19.0 Å². The Bertz CT molecular complexity index is 807. The van der Waals surface area contributed by atoms with E-state index in [4.69, 9.17) is 0 Å². The van der Waals surface area contributed by atoms with Crippen molar-refractivity contribution in [2.24, 2.45) is 11.8 Å². The maximum Gasteiger partial charge on any atom is 0.293 e. The highest BCUT2D eigenvalue weighted by atomic mass is 16.6. The molecule has 0 radical (unpaired) electrons. The molecule has 0 bridgehead atoms. The number of carbonyl (C=O) groups excluding carboxylic acids is 3. The first kappa shape index (κ1) is 18.8. The summed E-state index contributed by atoms with van der Waals surface area (Å²) in [7, 11) is 0. The Hall–Kier alpha value is -3.03. The number of hydrogen-bond donors (Lipinski definition) is 1. The van der Waals surface area contributed by atoms with Crippen molar-refractivity contribution in [1.29, 1.82) is 0 Å². The number of carbonyl (C=O) groups is 3. The lowest BCUT2D eigenvalue weighted by Gasteiger charge is -2.14.